The predicted molar refractivity (Wildman–Crippen MR) is 88.8 cm³/mol. The van der Waals surface area contributed by atoms with Crippen molar-refractivity contribution in [1.82, 2.24) is 20.2 Å². The van der Waals surface area contributed by atoms with Gasteiger partial charge in [0.2, 0.25) is 11.1 Å². The highest BCUT2D eigenvalue weighted by Crippen LogP contribution is 2.21. The van der Waals surface area contributed by atoms with Crippen LogP contribution in [0, 0.1) is 5.82 Å². The summed E-state index contributed by atoms with van der Waals surface area (Å²) in [7, 11) is 0. The van der Waals surface area contributed by atoms with Gasteiger partial charge in [-0.15, -0.1) is 10.2 Å². The molecule has 0 aliphatic rings. The summed E-state index contributed by atoms with van der Waals surface area (Å²) in [5.41, 5.74) is 0.535. The number of benzene rings is 1. The number of rotatable bonds is 7. The fourth-order valence-corrected chi connectivity index (χ4v) is 2.82. The van der Waals surface area contributed by atoms with Gasteiger partial charge in [0, 0.05) is 11.6 Å². The minimum absolute atomic E-state index is 0.0775. The number of nitrogens with zero attached hydrogens (tertiary/aromatic N) is 3. The van der Waals surface area contributed by atoms with E-state index in [-0.39, 0.29) is 23.5 Å². The molecule has 2 rings (SSSR count). The predicted octanol–water partition coefficient (Wildman–Crippen LogP) is 2.19. The molecule has 1 heterocycles. The van der Waals surface area contributed by atoms with E-state index in [1.807, 2.05) is 6.92 Å². The van der Waals surface area contributed by atoms with Gasteiger partial charge in [0.1, 0.15) is 5.82 Å². The first-order valence-electron chi connectivity index (χ1n) is 7.39. The van der Waals surface area contributed by atoms with Crippen molar-refractivity contribution >= 4 is 17.7 Å². The van der Waals surface area contributed by atoms with Crippen LogP contribution in [0.1, 0.15) is 26.7 Å². The molecule has 1 aromatic carbocycles. The Labute approximate surface area is 138 Å². The van der Waals surface area contributed by atoms with Crippen LogP contribution in [0.15, 0.2) is 29.4 Å². The molecule has 0 aliphatic heterocycles. The number of hydrogen-bond donors (Lipinski definition) is 2. The third-order valence-electron chi connectivity index (χ3n) is 3.21. The van der Waals surface area contributed by atoms with Gasteiger partial charge in [-0.3, -0.25) is 4.79 Å². The number of nitrogens with two attached hydrogens (primary N) is 1. The molecule has 0 bridgehead atoms. The third kappa shape index (κ3) is 4.69. The number of hydrogen-bond acceptors (Lipinski definition) is 5. The molecule has 3 N–H and O–H groups in total. The van der Waals surface area contributed by atoms with Crippen molar-refractivity contribution in [1.29, 1.82) is 0 Å². The SMILES string of the molecule is CCC[C@@H](C)NC(=O)CSc1nnc(-c2cccc(F)c2)n1N. The number of nitrogen functional groups attached to an aromatic ring is 1. The summed E-state index contributed by atoms with van der Waals surface area (Å²) < 4.78 is 14.5. The van der Waals surface area contributed by atoms with Crippen molar-refractivity contribution < 1.29 is 9.18 Å². The number of aromatic nitrogens is 3. The Hall–Kier alpha value is -2.09. The summed E-state index contributed by atoms with van der Waals surface area (Å²) >= 11 is 1.19. The van der Waals surface area contributed by atoms with Crippen molar-refractivity contribution in [3.63, 3.8) is 0 Å². The fraction of sp³-hybridized carbons (Fsp3) is 0.400. The number of carbonyl (C=O) groups is 1. The third-order valence-corrected chi connectivity index (χ3v) is 4.15. The Balaban J connectivity index is 1.99. The van der Waals surface area contributed by atoms with Gasteiger partial charge >= 0.3 is 0 Å². The molecular weight excluding hydrogens is 317 g/mol. The van der Waals surface area contributed by atoms with E-state index in [2.05, 4.69) is 22.4 Å². The van der Waals surface area contributed by atoms with Gasteiger partial charge in [-0.1, -0.05) is 37.2 Å². The maximum atomic E-state index is 13.3. The average molecular weight is 337 g/mol. The summed E-state index contributed by atoms with van der Waals surface area (Å²) in [6.45, 7) is 4.04. The van der Waals surface area contributed by atoms with Crippen molar-refractivity contribution in [2.75, 3.05) is 11.6 Å². The molecule has 0 unspecified atom stereocenters. The second kappa shape index (κ2) is 7.96. The Kier molecular flexibility index (Phi) is 5.97. The zero-order chi connectivity index (χ0) is 16.8. The van der Waals surface area contributed by atoms with Crippen LogP contribution in [0.2, 0.25) is 0 Å². The molecule has 6 nitrogen and oxygen atoms in total. The summed E-state index contributed by atoms with van der Waals surface area (Å²) in [5.74, 6) is 6.04. The lowest BCUT2D eigenvalue weighted by Crippen LogP contribution is -2.33. The molecule has 0 saturated carbocycles. The lowest BCUT2D eigenvalue weighted by atomic mass is 10.2. The lowest BCUT2D eigenvalue weighted by Gasteiger charge is -2.12. The number of carbonyl (C=O) groups excluding carboxylic acids is 1. The second-order valence-corrected chi connectivity index (χ2v) is 6.17. The van der Waals surface area contributed by atoms with Gasteiger partial charge < -0.3 is 11.2 Å². The normalized spacial score (nSPS) is 12.1. The van der Waals surface area contributed by atoms with Crippen LogP contribution >= 0.6 is 11.8 Å². The van der Waals surface area contributed by atoms with E-state index < -0.39 is 0 Å². The highest BCUT2D eigenvalue weighted by Gasteiger charge is 2.14. The molecule has 1 aromatic heterocycles. The molecule has 0 fully saturated rings. The lowest BCUT2D eigenvalue weighted by molar-refractivity contribution is -0.119. The zero-order valence-corrected chi connectivity index (χ0v) is 13.9. The number of thioether (sulfide) groups is 1. The highest BCUT2D eigenvalue weighted by atomic mass is 32.2. The van der Waals surface area contributed by atoms with Gasteiger partial charge in [-0.25, -0.2) is 9.07 Å². The Morgan fingerprint density at radius 1 is 1.48 bits per heavy atom. The van der Waals surface area contributed by atoms with Crippen LogP contribution in [0.4, 0.5) is 4.39 Å². The molecule has 1 amide bonds. The van der Waals surface area contributed by atoms with Gasteiger partial charge in [-0.05, 0) is 25.5 Å². The molecule has 8 heteroatoms. The van der Waals surface area contributed by atoms with Gasteiger partial charge in [0.05, 0.1) is 5.75 Å². The summed E-state index contributed by atoms with van der Waals surface area (Å²) in [4.78, 5) is 11.9. The van der Waals surface area contributed by atoms with E-state index >= 15 is 0 Å². The maximum absolute atomic E-state index is 13.3. The first-order valence-corrected chi connectivity index (χ1v) is 8.38. The maximum Gasteiger partial charge on any atom is 0.230 e. The molecule has 23 heavy (non-hydrogen) atoms. The van der Waals surface area contributed by atoms with Gasteiger partial charge in [-0.2, -0.15) is 0 Å². The van der Waals surface area contributed by atoms with Crippen molar-refractivity contribution in [3.8, 4) is 11.4 Å². The standard InChI is InChI=1S/C15H20FN5OS/c1-3-5-10(2)18-13(22)9-23-15-20-19-14(21(15)17)11-6-4-7-12(16)8-11/h4,6-8,10H,3,5,9,17H2,1-2H3,(H,18,22)/t10-/m1/s1. The quantitative estimate of drug-likeness (QED) is 0.597. The van der Waals surface area contributed by atoms with Gasteiger partial charge in [0.25, 0.3) is 0 Å². The van der Waals surface area contributed by atoms with E-state index in [1.165, 1.54) is 28.6 Å². The van der Waals surface area contributed by atoms with E-state index in [0.29, 0.717) is 16.5 Å². The molecule has 1 atom stereocenters. The molecule has 0 aliphatic carbocycles. The minimum Gasteiger partial charge on any atom is -0.353 e. The second-order valence-electron chi connectivity index (χ2n) is 5.23. The Morgan fingerprint density at radius 2 is 2.26 bits per heavy atom. The first kappa shape index (κ1) is 17.3. The number of amides is 1. The van der Waals surface area contributed by atoms with Crippen LogP contribution < -0.4 is 11.2 Å². The van der Waals surface area contributed by atoms with E-state index in [4.69, 9.17) is 5.84 Å². The monoisotopic (exact) mass is 337 g/mol. The van der Waals surface area contributed by atoms with Crippen molar-refractivity contribution in [2.45, 2.75) is 37.9 Å². The van der Waals surface area contributed by atoms with E-state index in [9.17, 15) is 9.18 Å². The zero-order valence-electron chi connectivity index (χ0n) is 13.1. The molecule has 2 aromatic rings. The molecular formula is C15H20FN5OS. The van der Waals surface area contributed by atoms with Crippen LogP contribution in [-0.2, 0) is 4.79 Å². The molecule has 124 valence electrons. The topological polar surface area (TPSA) is 85.8 Å². The minimum atomic E-state index is -0.371. The molecule has 0 radical (unpaired) electrons. The molecule has 0 saturated heterocycles. The fourth-order valence-electron chi connectivity index (χ4n) is 2.15. The largest absolute Gasteiger partial charge is 0.353 e. The van der Waals surface area contributed by atoms with Crippen LogP contribution in [0.3, 0.4) is 0 Å². The number of nitrogens with one attached hydrogen (secondary N) is 1. The smallest absolute Gasteiger partial charge is 0.230 e. The van der Waals surface area contributed by atoms with Crippen LogP contribution in [0.25, 0.3) is 11.4 Å². The van der Waals surface area contributed by atoms with Crippen LogP contribution in [0.5, 0.6) is 0 Å². The average Bonchev–Trinajstić information content (AvgIpc) is 2.86. The Morgan fingerprint density at radius 3 is 2.96 bits per heavy atom. The summed E-state index contributed by atoms with van der Waals surface area (Å²) in [6.07, 6.45) is 1.95. The van der Waals surface area contributed by atoms with Crippen molar-refractivity contribution in [3.05, 3.63) is 30.1 Å². The van der Waals surface area contributed by atoms with Crippen LogP contribution in [-0.4, -0.2) is 32.6 Å². The van der Waals surface area contributed by atoms with E-state index in [0.717, 1.165) is 12.8 Å². The summed E-state index contributed by atoms with van der Waals surface area (Å²) in [5, 5.41) is 11.2. The van der Waals surface area contributed by atoms with E-state index in [1.54, 1.807) is 12.1 Å². The van der Waals surface area contributed by atoms with Gasteiger partial charge in [0.15, 0.2) is 5.82 Å². The van der Waals surface area contributed by atoms with Crippen molar-refractivity contribution in [2.24, 2.45) is 0 Å². The number of halogens is 1. The first-order chi connectivity index (χ1) is 11.0. The molecule has 0 spiro atoms. The highest BCUT2D eigenvalue weighted by molar-refractivity contribution is 7.99. The summed E-state index contributed by atoms with van der Waals surface area (Å²) in [6, 6.07) is 6.10. The Bertz CT molecular complexity index is 676.